The molecular formula is C11H22N2O4. The maximum absolute atomic E-state index is 11.5. The molecule has 0 radical (unpaired) electrons. The minimum atomic E-state index is -0.728. The molecule has 0 aliphatic heterocycles. The van der Waals surface area contributed by atoms with Gasteiger partial charge >= 0.3 is 5.97 Å². The zero-order valence-corrected chi connectivity index (χ0v) is 11.1. The Morgan fingerprint density at radius 1 is 1.47 bits per heavy atom. The zero-order chi connectivity index (χ0) is 13.6. The summed E-state index contributed by atoms with van der Waals surface area (Å²) in [6, 6.07) is -0.728. The number of hydrogen-bond acceptors (Lipinski definition) is 5. The van der Waals surface area contributed by atoms with E-state index in [1.54, 1.807) is 11.9 Å². The molecule has 0 aromatic heterocycles. The van der Waals surface area contributed by atoms with Gasteiger partial charge in [-0.25, -0.2) is 4.79 Å². The third kappa shape index (κ3) is 5.14. The maximum atomic E-state index is 11.5. The van der Waals surface area contributed by atoms with Crippen LogP contribution < -0.4 is 5.32 Å². The van der Waals surface area contributed by atoms with Crippen molar-refractivity contribution in [1.82, 2.24) is 10.2 Å². The van der Waals surface area contributed by atoms with E-state index in [2.05, 4.69) is 10.1 Å². The Morgan fingerprint density at radius 3 is 2.35 bits per heavy atom. The van der Waals surface area contributed by atoms with E-state index in [0.717, 1.165) is 0 Å². The monoisotopic (exact) mass is 246 g/mol. The summed E-state index contributed by atoms with van der Waals surface area (Å²) < 4.78 is 4.62. The highest BCUT2D eigenvalue weighted by Gasteiger charge is 2.28. The van der Waals surface area contributed by atoms with Crippen LogP contribution >= 0.6 is 0 Å². The van der Waals surface area contributed by atoms with Crippen LogP contribution in [-0.2, 0) is 14.3 Å². The molecule has 0 aliphatic rings. The van der Waals surface area contributed by atoms with Gasteiger partial charge in [0, 0.05) is 19.0 Å². The molecule has 6 heteroatoms. The summed E-state index contributed by atoms with van der Waals surface area (Å²) in [7, 11) is 3.04. The van der Waals surface area contributed by atoms with Crippen molar-refractivity contribution in [2.75, 3.05) is 27.3 Å². The first-order valence-corrected chi connectivity index (χ1v) is 5.41. The van der Waals surface area contributed by atoms with Gasteiger partial charge in [0.05, 0.1) is 13.7 Å². The van der Waals surface area contributed by atoms with E-state index in [1.165, 1.54) is 14.0 Å². The van der Waals surface area contributed by atoms with E-state index in [4.69, 9.17) is 0 Å². The van der Waals surface area contributed by atoms with E-state index in [1.807, 2.05) is 13.8 Å². The molecule has 0 aromatic carbocycles. The topological polar surface area (TPSA) is 78.9 Å². The van der Waals surface area contributed by atoms with Crippen molar-refractivity contribution in [3.8, 4) is 0 Å². The molecule has 0 saturated carbocycles. The Labute approximate surface area is 102 Å². The van der Waals surface area contributed by atoms with Crippen LogP contribution in [0.25, 0.3) is 0 Å². The number of carbonyl (C=O) groups excluding carboxylic acids is 2. The fourth-order valence-electron chi connectivity index (χ4n) is 1.21. The second-order valence-electron chi connectivity index (χ2n) is 4.63. The lowest BCUT2D eigenvalue weighted by molar-refractivity contribution is -0.145. The molecule has 1 atom stereocenters. The SMILES string of the molecule is COC(=O)C(CN(C)C(C)(C)CO)NC(C)=O. The fraction of sp³-hybridized carbons (Fsp3) is 0.818. The van der Waals surface area contributed by atoms with Crippen LogP contribution in [0.5, 0.6) is 0 Å². The van der Waals surface area contributed by atoms with E-state index in [0.29, 0.717) is 0 Å². The predicted molar refractivity (Wildman–Crippen MR) is 63.4 cm³/mol. The van der Waals surface area contributed by atoms with Gasteiger partial charge in [-0.3, -0.25) is 9.69 Å². The van der Waals surface area contributed by atoms with Gasteiger partial charge in [-0.15, -0.1) is 0 Å². The maximum Gasteiger partial charge on any atom is 0.329 e. The van der Waals surface area contributed by atoms with Gasteiger partial charge < -0.3 is 15.2 Å². The third-order valence-electron chi connectivity index (χ3n) is 2.74. The molecule has 2 N–H and O–H groups in total. The highest BCUT2D eigenvalue weighted by atomic mass is 16.5. The van der Waals surface area contributed by atoms with Gasteiger partial charge in [-0.05, 0) is 20.9 Å². The van der Waals surface area contributed by atoms with Gasteiger partial charge in [0.2, 0.25) is 5.91 Å². The zero-order valence-electron chi connectivity index (χ0n) is 11.1. The van der Waals surface area contributed by atoms with Gasteiger partial charge in [0.15, 0.2) is 0 Å². The molecule has 1 unspecified atom stereocenters. The van der Waals surface area contributed by atoms with Crippen LogP contribution in [0.15, 0.2) is 0 Å². The highest BCUT2D eigenvalue weighted by Crippen LogP contribution is 2.11. The van der Waals surface area contributed by atoms with Gasteiger partial charge in [-0.1, -0.05) is 0 Å². The van der Waals surface area contributed by atoms with Gasteiger partial charge in [0.25, 0.3) is 0 Å². The summed E-state index contributed by atoms with van der Waals surface area (Å²) in [5.74, 6) is -0.795. The number of hydrogen-bond donors (Lipinski definition) is 2. The van der Waals surface area contributed by atoms with Crippen molar-refractivity contribution in [2.45, 2.75) is 32.4 Å². The molecular weight excluding hydrogens is 224 g/mol. The largest absolute Gasteiger partial charge is 0.467 e. The molecule has 0 fully saturated rings. The number of rotatable bonds is 6. The van der Waals surface area contributed by atoms with Crippen molar-refractivity contribution in [1.29, 1.82) is 0 Å². The van der Waals surface area contributed by atoms with Crippen LogP contribution in [0, 0.1) is 0 Å². The van der Waals surface area contributed by atoms with Crippen molar-refractivity contribution in [3.05, 3.63) is 0 Å². The second kappa shape index (κ2) is 6.56. The van der Waals surface area contributed by atoms with Crippen molar-refractivity contribution >= 4 is 11.9 Å². The van der Waals surface area contributed by atoms with E-state index in [9.17, 15) is 14.7 Å². The molecule has 1 amide bonds. The standard InChI is InChI=1S/C11H22N2O4/c1-8(15)12-9(10(16)17-5)6-13(4)11(2,3)7-14/h9,14H,6-7H2,1-5H3,(H,12,15). The van der Waals surface area contributed by atoms with E-state index >= 15 is 0 Å². The van der Waals surface area contributed by atoms with Crippen LogP contribution in [0.4, 0.5) is 0 Å². The summed E-state index contributed by atoms with van der Waals surface area (Å²) in [5, 5.41) is 11.7. The number of aliphatic hydroxyl groups is 1. The molecule has 17 heavy (non-hydrogen) atoms. The first kappa shape index (κ1) is 15.9. The number of nitrogens with one attached hydrogen (secondary N) is 1. The number of aliphatic hydroxyl groups excluding tert-OH is 1. The highest BCUT2D eigenvalue weighted by molar-refractivity contribution is 5.83. The third-order valence-corrected chi connectivity index (χ3v) is 2.74. The lowest BCUT2D eigenvalue weighted by Gasteiger charge is -2.35. The molecule has 0 aromatic rings. The summed E-state index contributed by atoms with van der Waals surface area (Å²) >= 11 is 0. The Hall–Kier alpha value is -1.14. The van der Waals surface area contributed by atoms with Crippen LogP contribution in [-0.4, -0.2) is 60.8 Å². The minimum absolute atomic E-state index is 0.0442. The summed E-state index contributed by atoms with van der Waals surface area (Å²) in [6.45, 7) is 5.26. The minimum Gasteiger partial charge on any atom is -0.467 e. The van der Waals surface area contributed by atoms with Crippen LogP contribution in [0.2, 0.25) is 0 Å². The number of esters is 1. The quantitative estimate of drug-likeness (QED) is 0.610. The number of methoxy groups -OCH3 is 1. The average molecular weight is 246 g/mol. The number of likely N-dealkylation sites (N-methyl/N-ethyl adjacent to an activating group) is 1. The molecule has 0 heterocycles. The van der Waals surface area contributed by atoms with Crippen LogP contribution in [0.3, 0.4) is 0 Å². The molecule has 100 valence electrons. The van der Waals surface area contributed by atoms with Crippen LogP contribution in [0.1, 0.15) is 20.8 Å². The number of ether oxygens (including phenoxy) is 1. The predicted octanol–water partition coefficient (Wildman–Crippen LogP) is -0.633. The second-order valence-corrected chi connectivity index (χ2v) is 4.63. The Kier molecular flexibility index (Phi) is 6.12. The first-order valence-electron chi connectivity index (χ1n) is 5.41. The Balaban J connectivity index is 4.63. The molecule has 0 aliphatic carbocycles. The lowest BCUT2D eigenvalue weighted by atomic mass is 10.0. The molecule has 0 bridgehead atoms. The number of amides is 1. The number of nitrogens with zero attached hydrogens (tertiary/aromatic N) is 1. The summed E-state index contributed by atoms with van der Waals surface area (Å²) in [4.78, 5) is 24.3. The molecule has 0 spiro atoms. The molecule has 0 rings (SSSR count). The normalized spacial score (nSPS) is 13.4. The summed E-state index contributed by atoms with van der Waals surface area (Å²) in [5.41, 5.74) is -0.468. The molecule has 6 nitrogen and oxygen atoms in total. The number of carbonyl (C=O) groups is 2. The van der Waals surface area contributed by atoms with E-state index < -0.39 is 17.6 Å². The van der Waals surface area contributed by atoms with E-state index in [-0.39, 0.29) is 19.1 Å². The average Bonchev–Trinajstić information content (AvgIpc) is 2.26. The van der Waals surface area contributed by atoms with Gasteiger partial charge in [-0.2, -0.15) is 0 Å². The Morgan fingerprint density at radius 2 is 2.00 bits per heavy atom. The fourth-order valence-corrected chi connectivity index (χ4v) is 1.21. The molecule has 0 saturated heterocycles. The van der Waals surface area contributed by atoms with Crippen molar-refractivity contribution in [2.24, 2.45) is 0 Å². The smallest absolute Gasteiger partial charge is 0.329 e. The lowest BCUT2D eigenvalue weighted by Crippen LogP contribution is -2.53. The first-order chi connectivity index (χ1) is 7.74. The van der Waals surface area contributed by atoms with Crippen molar-refractivity contribution in [3.63, 3.8) is 0 Å². The van der Waals surface area contributed by atoms with Gasteiger partial charge in [0.1, 0.15) is 6.04 Å². The van der Waals surface area contributed by atoms with Crippen molar-refractivity contribution < 1.29 is 19.4 Å². The summed E-state index contributed by atoms with van der Waals surface area (Å²) in [6.07, 6.45) is 0. The Bertz CT molecular complexity index is 279.